The Morgan fingerprint density at radius 1 is 1.30 bits per heavy atom. The van der Waals surface area contributed by atoms with Crippen molar-refractivity contribution in [2.45, 2.75) is 6.92 Å². The second-order valence-electron chi connectivity index (χ2n) is 4.25. The van der Waals surface area contributed by atoms with Crippen LogP contribution >= 0.6 is 0 Å². The fraction of sp³-hybridized carbons (Fsp3) is 0.133. The van der Waals surface area contributed by atoms with E-state index in [0.717, 1.165) is 0 Å². The molecule has 4 nitrogen and oxygen atoms in total. The van der Waals surface area contributed by atoms with Gasteiger partial charge in [0.25, 0.3) is 5.91 Å². The predicted octanol–water partition coefficient (Wildman–Crippen LogP) is 3.10. The average molecular weight is 275 g/mol. The number of amides is 1. The number of aromatic hydroxyl groups is 1. The molecule has 0 fully saturated rings. The molecule has 0 aromatic heterocycles. The van der Waals surface area contributed by atoms with E-state index in [0.29, 0.717) is 17.0 Å². The third-order valence-electron chi connectivity index (χ3n) is 2.97. The molecule has 0 aliphatic rings. The minimum Gasteiger partial charge on any atom is -0.507 e. The molecule has 0 saturated heterocycles. The van der Waals surface area contributed by atoms with Crippen LogP contribution in [0.1, 0.15) is 15.9 Å². The number of nitrogens with one attached hydrogen (secondary N) is 1. The zero-order valence-electron chi connectivity index (χ0n) is 11.1. The number of phenolic OH excluding ortho intramolecular Hbond substituents is 1. The summed E-state index contributed by atoms with van der Waals surface area (Å²) in [4.78, 5) is 12.1. The molecule has 0 radical (unpaired) electrons. The molecule has 104 valence electrons. The molecule has 0 heterocycles. The van der Waals surface area contributed by atoms with Gasteiger partial charge < -0.3 is 15.2 Å². The molecule has 0 aliphatic carbocycles. The molecule has 0 saturated carbocycles. The van der Waals surface area contributed by atoms with Crippen molar-refractivity contribution in [3.8, 4) is 11.5 Å². The molecule has 0 bridgehead atoms. The number of hydrogen-bond acceptors (Lipinski definition) is 3. The predicted molar refractivity (Wildman–Crippen MR) is 73.7 cm³/mol. The van der Waals surface area contributed by atoms with Gasteiger partial charge in [-0.15, -0.1) is 0 Å². The number of methoxy groups -OCH3 is 1. The van der Waals surface area contributed by atoms with Gasteiger partial charge in [-0.3, -0.25) is 4.79 Å². The number of hydrogen-bond donors (Lipinski definition) is 2. The fourth-order valence-corrected chi connectivity index (χ4v) is 1.76. The largest absolute Gasteiger partial charge is 0.507 e. The Bertz CT molecular complexity index is 656. The molecule has 0 spiro atoms. The maximum atomic E-state index is 13.4. The first kappa shape index (κ1) is 13.9. The van der Waals surface area contributed by atoms with Crippen molar-refractivity contribution in [3.63, 3.8) is 0 Å². The van der Waals surface area contributed by atoms with E-state index in [2.05, 4.69) is 5.32 Å². The summed E-state index contributed by atoms with van der Waals surface area (Å²) in [7, 11) is 1.46. The summed E-state index contributed by atoms with van der Waals surface area (Å²) >= 11 is 0. The van der Waals surface area contributed by atoms with Gasteiger partial charge in [0, 0.05) is 17.3 Å². The van der Waals surface area contributed by atoms with Crippen LogP contribution in [-0.2, 0) is 0 Å². The van der Waals surface area contributed by atoms with Gasteiger partial charge in [-0.05, 0) is 31.2 Å². The third kappa shape index (κ3) is 2.71. The van der Waals surface area contributed by atoms with Gasteiger partial charge in [0.05, 0.1) is 12.7 Å². The summed E-state index contributed by atoms with van der Waals surface area (Å²) in [5.41, 5.74) is 0.800. The van der Waals surface area contributed by atoms with Crippen molar-refractivity contribution in [3.05, 3.63) is 53.3 Å². The summed E-state index contributed by atoms with van der Waals surface area (Å²) in [5, 5.41) is 12.3. The lowest BCUT2D eigenvalue weighted by Crippen LogP contribution is -2.13. The van der Waals surface area contributed by atoms with E-state index >= 15 is 0 Å². The van der Waals surface area contributed by atoms with Crippen molar-refractivity contribution in [2.24, 2.45) is 0 Å². The number of rotatable bonds is 3. The minimum absolute atomic E-state index is 0.0921. The van der Waals surface area contributed by atoms with Crippen LogP contribution in [0.4, 0.5) is 10.1 Å². The normalized spacial score (nSPS) is 10.2. The van der Waals surface area contributed by atoms with Crippen LogP contribution in [0.2, 0.25) is 0 Å². The summed E-state index contributed by atoms with van der Waals surface area (Å²) in [6.07, 6.45) is 0. The highest BCUT2D eigenvalue weighted by Crippen LogP contribution is 2.25. The lowest BCUT2D eigenvalue weighted by atomic mass is 10.1. The molecule has 0 atom stereocenters. The van der Waals surface area contributed by atoms with Crippen molar-refractivity contribution in [2.75, 3.05) is 12.4 Å². The molecule has 0 aliphatic heterocycles. The molecular formula is C15H14FNO3. The SMILES string of the molecule is COc1ccc(C(=O)Nc2cccc(F)c2C)c(O)c1. The lowest BCUT2D eigenvalue weighted by Gasteiger charge is -2.10. The van der Waals surface area contributed by atoms with E-state index < -0.39 is 11.7 Å². The third-order valence-corrected chi connectivity index (χ3v) is 2.97. The van der Waals surface area contributed by atoms with Crippen LogP contribution in [0, 0.1) is 12.7 Å². The Morgan fingerprint density at radius 3 is 2.70 bits per heavy atom. The topological polar surface area (TPSA) is 58.6 Å². The molecule has 2 N–H and O–H groups in total. The molecule has 5 heteroatoms. The number of phenols is 1. The zero-order valence-corrected chi connectivity index (χ0v) is 11.1. The summed E-state index contributed by atoms with van der Waals surface area (Å²) < 4.78 is 18.3. The Hall–Kier alpha value is -2.56. The molecule has 2 aromatic rings. The van der Waals surface area contributed by atoms with Gasteiger partial charge in [0.15, 0.2) is 0 Å². The van der Waals surface area contributed by atoms with Crippen LogP contribution in [0.15, 0.2) is 36.4 Å². The number of carbonyl (C=O) groups excluding carboxylic acids is 1. The van der Waals surface area contributed by atoms with Gasteiger partial charge in [0.1, 0.15) is 17.3 Å². The van der Waals surface area contributed by atoms with Gasteiger partial charge in [-0.2, -0.15) is 0 Å². The number of ether oxygens (including phenoxy) is 1. The number of benzene rings is 2. The Kier molecular flexibility index (Phi) is 3.89. The van der Waals surface area contributed by atoms with Crippen molar-refractivity contribution in [1.29, 1.82) is 0 Å². The van der Waals surface area contributed by atoms with Crippen molar-refractivity contribution < 1.29 is 19.0 Å². The van der Waals surface area contributed by atoms with Gasteiger partial charge in [-0.25, -0.2) is 4.39 Å². The highest BCUT2D eigenvalue weighted by atomic mass is 19.1. The van der Waals surface area contributed by atoms with Crippen LogP contribution < -0.4 is 10.1 Å². The second kappa shape index (κ2) is 5.61. The Morgan fingerprint density at radius 2 is 2.05 bits per heavy atom. The average Bonchev–Trinajstić information content (AvgIpc) is 2.43. The first-order valence-electron chi connectivity index (χ1n) is 5.96. The number of halogens is 1. The van der Waals surface area contributed by atoms with E-state index in [1.807, 2.05) is 0 Å². The Balaban J connectivity index is 2.26. The van der Waals surface area contributed by atoms with Gasteiger partial charge in [-0.1, -0.05) is 6.07 Å². The second-order valence-corrected chi connectivity index (χ2v) is 4.25. The van der Waals surface area contributed by atoms with E-state index in [1.54, 1.807) is 19.1 Å². The van der Waals surface area contributed by atoms with E-state index in [-0.39, 0.29) is 11.3 Å². The highest BCUT2D eigenvalue weighted by Gasteiger charge is 2.14. The molecule has 1 amide bonds. The quantitative estimate of drug-likeness (QED) is 0.905. The Labute approximate surface area is 115 Å². The molecule has 2 rings (SSSR count). The minimum atomic E-state index is -0.515. The number of carbonyl (C=O) groups is 1. The first-order chi connectivity index (χ1) is 9.52. The monoisotopic (exact) mass is 275 g/mol. The standard InChI is InChI=1S/C15H14FNO3/c1-9-12(16)4-3-5-13(9)17-15(19)11-7-6-10(20-2)8-14(11)18/h3-8,18H,1-2H3,(H,17,19). The van der Waals surface area contributed by atoms with Crippen LogP contribution in [-0.4, -0.2) is 18.1 Å². The summed E-state index contributed by atoms with van der Waals surface area (Å²) in [6, 6.07) is 8.76. The van der Waals surface area contributed by atoms with Crippen LogP contribution in [0.25, 0.3) is 0 Å². The first-order valence-corrected chi connectivity index (χ1v) is 5.96. The molecule has 2 aromatic carbocycles. The van der Waals surface area contributed by atoms with E-state index in [9.17, 15) is 14.3 Å². The fourth-order valence-electron chi connectivity index (χ4n) is 1.76. The van der Waals surface area contributed by atoms with Gasteiger partial charge in [0.2, 0.25) is 0 Å². The molecular weight excluding hydrogens is 261 g/mol. The molecule has 0 unspecified atom stereocenters. The van der Waals surface area contributed by atoms with E-state index in [4.69, 9.17) is 4.74 Å². The number of anilines is 1. The van der Waals surface area contributed by atoms with E-state index in [1.165, 1.54) is 31.4 Å². The summed E-state index contributed by atoms with van der Waals surface area (Å²) in [5.74, 6) is -0.669. The highest BCUT2D eigenvalue weighted by molar-refractivity contribution is 6.06. The molecule has 20 heavy (non-hydrogen) atoms. The van der Waals surface area contributed by atoms with Crippen molar-refractivity contribution >= 4 is 11.6 Å². The zero-order chi connectivity index (χ0) is 14.7. The van der Waals surface area contributed by atoms with Crippen LogP contribution in [0.5, 0.6) is 11.5 Å². The smallest absolute Gasteiger partial charge is 0.259 e. The van der Waals surface area contributed by atoms with Gasteiger partial charge >= 0.3 is 0 Å². The maximum Gasteiger partial charge on any atom is 0.259 e. The summed E-state index contributed by atoms with van der Waals surface area (Å²) in [6.45, 7) is 1.57. The maximum absolute atomic E-state index is 13.4. The lowest BCUT2D eigenvalue weighted by molar-refractivity contribution is 0.102. The van der Waals surface area contributed by atoms with Crippen LogP contribution in [0.3, 0.4) is 0 Å². The van der Waals surface area contributed by atoms with Crippen molar-refractivity contribution in [1.82, 2.24) is 0 Å².